The van der Waals surface area contributed by atoms with Gasteiger partial charge in [0.25, 0.3) is 0 Å². The predicted octanol–water partition coefficient (Wildman–Crippen LogP) is 9.92. The molecule has 8 heteroatoms. The van der Waals surface area contributed by atoms with Gasteiger partial charge in [-0.15, -0.1) is 0 Å². The third-order valence-corrected chi connectivity index (χ3v) is 9.24. The minimum absolute atomic E-state index is 0.145. The number of alkyl halides is 3. The molecule has 0 atom stereocenters. The Balaban J connectivity index is 1.36. The average Bonchev–Trinajstić information content (AvgIpc) is 3.07. The Labute approximate surface area is 281 Å². The second kappa shape index (κ2) is 14.5. The number of halogens is 3. The maximum atomic E-state index is 13.3. The summed E-state index contributed by atoms with van der Waals surface area (Å²) in [6, 6.07) is 22.8. The summed E-state index contributed by atoms with van der Waals surface area (Å²) < 4.78 is 50.4. The summed E-state index contributed by atoms with van der Waals surface area (Å²) >= 11 is 0. The molecule has 0 aromatic heterocycles. The molecule has 0 aliphatic carbocycles. The van der Waals surface area contributed by atoms with Crippen molar-refractivity contribution in [2.24, 2.45) is 5.41 Å². The first-order valence-electron chi connectivity index (χ1n) is 16.7. The lowest BCUT2D eigenvalue weighted by molar-refractivity contribution is -0.142. The molecule has 0 N–H and O–H groups in total. The Hall–Kier alpha value is -4.17. The molecule has 1 fully saturated rings. The zero-order chi connectivity index (χ0) is 34.6. The van der Waals surface area contributed by atoms with Crippen LogP contribution in [0.3, 0.4) is 0 Å². The van der Waals surface area contributed by atoms with E-state index in [1.54, 1.807) is 13.0 Å². The van der Waals surface area contributed by atoms with Gasteiger partial charge in [0.2, 0.25) is 5.91 Å². The van der Waals surface area contributed by atoms with Crippen molar-refractivity contribution >= 4 is 22.6 Å². The molecule has 0 spiro atoms. The number of ether oxygens (including phenoxy) is 2. The standard InChI is InChI=1S/C40H44F3NO4/c1-6-47-37(45)33-24-32-23-31(28-11-14-34(15-12-28)40(41,42)43)13-16-35(32)36(25-33)30-9-7-27(8-10-30)29-17-20-44(21-18-29)38(46)39(4,5)19-22-48-26(2)3/h7-16,23-26,29H,6,17-22H2,1-5H3. The van der Waals surface area contributed by atoms with Crippen LogP contribution >= 0.6 is 0 Å². The van der Waals surface area contributed by atoms with Crippen LogP contribution in [0.25, 0.3) is 33.0 Å². The Bertz CT molecular complexity index is 1740. The van der Waals surface area contributed by atoms with Gasteiger partial charge in [-0.05, 0) is 115 Å². The molecule has 1 aliphatic heterocycles. The van der Waals surface area contributed by atoms with Crippen LogP contribution in [0.1, 0.15) is 81.3 Å². The summed E-state index contributed by atoms with van der Waals surface area (Å²) in [4.78, 5) is 28.2. The van der Waals surface area contributed by atoms with E-state index in [1.165, 1.54) is 17.7 Å². The fraction of sp³-hybridized carbons (Fsp3) is 0.400. The summed E-state index contributed by atoms with van der Waals surface area (Å²) in [5, 5.41) is 1.70. The molecule has 1 amide bonds. The normalized spacial score (nSPS) is 14.5. The Morgan fingerprint density at radius 1 is 0.854 bits per heavy atom. The van der Waals surface area contributed by atoms with Crippen molar-refractivity contribution in [3.8, 4) is 22.3 Å². The van der Waals surface area contributed by atoms with Gasteiger partial charge in [-0.3, -0.25) is 4.79 Å². The number of esters is 1. The van der Waals surface area contributed by atoms with Crippen molar-refractivity contribution in [2.75, 3.05) is 26.3 Å². The van der Waals surface area contributed by atoms with Crippen LogP contribution in [0.2, 0.25) is 0 Å². The minimum Gasteiger partial charge on any atom is -0.462 e. The second-order valence-electron chi connectivity index (χ2n) is 13.5. The van der Waals surface area contributed by atoms with E-state index in [2.05, 4.69) is 24.3 Å². The van der Waals surface area contributed by atoms with Crippen molar-refractivity contribution < 1.29 is 32.2 Å². The molecule has 0 unspecified atom stereocenters. The third kappa shape index (κ3) is 8.09. The molecule has 4 aromatic rings. The van der Waals surface area contributed by atoms with E-state index in [0.717, 1.165) is 52.4 Å². The highest BCUT2D eigenvalue weighted by molar-refractivity contribution is 6.04. The first kappa shape index (κ1) is 35.1. The second-order valence-corrected chi connectivity index (χ2v) is 13.5. The lowest BCUT2D eigenvalue weighted by Gasteiger charge is -2.37. The van der Waals surface area contributed by atoms with Crippen molar-refractivity contribution in [1.29, 1.82) is 0 Å². The summed E-state index contributed by atoms with van der Waals surface area (Å²) in [6.45, 7) is 12.0. The summed E-state index contributed by atoms with van der Waals surface area (Å²) in [6.07, 6.45) is -1.80. The van der Waals surface area contributed by atoms with Crippen LogP contribution < -0.4 is 0 Å². The summed E-state index contributed by atoms with van der Waals surface area (Å²) in [5.41, 5.74) is 3.65. The largest absolute Gasteiger partial charge is 0.462 e. The lowest BCUT2D eigenvalue weighted by atomic mass is 9.84. The zero-order valence-electron chi connectivity index (χ0n) is 28.3. The van der Waals surface area contributed by atoms with Crippen LogP contribution in [0.15, 0.2) is 78.9 Å². The van der Waals surface area contributed by atoms with Crippen LogP contribution in [-0.4, -0.2) is 49.2 Å². The number of benzene rings is 4. The number of hydrogen-bond acceptors (Lipinski definition) is 4. The van der Waals surface area contributed by atoms with Crippen LogP contribution in [0.5, 0.6) is 0 Å². The van der Waals surface area contributed by atoms with Gasteiger partial charge in [0.05, 0.1) is 23.8 Å². The number of nitrogens with zero attached hydrogens (tertiary/aromatic N) is 1. The van der Waals surface area contributed by atoms with E-state index in [-0.39, 0.29) is 18.6 Å². The molecular formula is C40H44F3NO4. The first-order valence-corrected chi connectivity index (χ1v) is 16.7. The first-order chi connectivity index (χ1) is 22.8. The monoisotopic (exact) mass is 659 g/mol. The zero-order valence-corrected chi connectivity index (χ0v) is 28.3. The van der Waals surface area contributed by atoms with Gasteiger partial charge in [-0.25, -0.2) is 4.79 Å². The number of likely N-dealkylation sites (tertiary alicyclic amines) is 1. The molecule has 254 valence electrons. The van der Waals surface area contributed by atoms with E-state index < -0.39 is 23.1 Å². The number of carbonyl (C=O) groups is 2. The van der Waals surface area contributed by atoms with Gasteiger partial charge < -0.3 is 14.4 Å². The van der Waals surface area contributed by atoms with E-state index in [0.29, 0.717) is 43.2 Å². The molecule has 48 heavy (non-hydrogen) atoms. The highest BCUT2D eigenvalue weighted by Gasteiger charge is 2.34. The summed E-state index contributed by atoms with van der Waals surface area (Å²) in [5.74, 6) is 0.0806. The van der Waals surface area contributed by atoms with E-state index in [9.17, 15) is 22.8 Å². The van der Waals surface area contributed by atoms with Gasteiger partial charge in [-0.2, -0.15) is 13.2 Å². The molecule has 0 bridgehead atoms. The third-order valence-electron chi connectivity index (χ3n) is 9.24. The fourth-order valence-electron chi connectivity index (χ4n) is 6.41. The molecule has 1 aliphatic rings. The van der Waals surface area contributed by atoms with Crippen molar-refractivity contribution in [3.63, 3.8) is 0 Å². The molecule has 0 saturated carbocycles. The maximum absolute atomic E-state index is 13.3. The van der Waals surface area contributed by atoms with Crippen LogP contribution in [0, 0.1) is 5.41 Å². The minimum atomic E-state index is -4.41. The number of amides is 1. The van der Waals surface area contributed by atoms with Crippen molar-refractivity contribution in [3.05, 3.63) is 95.6 Å². The van der Waals surface area contributed by atoms with E-state index in [1.807, 2.05) is 56.9 Å². The van der Waals surface area contributed by atoms with Gasteiger partial charge in [0, 0.05) is 25.1 Å². The quantitative estimate of drug-likeness (QED) is 0.159. The van der Waals surface area contributed by atoms with Crippen LogP contribution in [0.4, 0.5) is 13.2 Å². The topological polar surface area (TPSA) is 55.8 Å². The van der Waals surface area contributed by atoms with E-state index >= 15 is 0 Å². The number of hydrogen-bond donors (Lipinski definition) is 0. The van der Waals surface area contributed by atoms with Crippen LogP contribution in [-0.2, 0) is 20.4 Å². The number of piperidine rings is 1. The number of fused-ring (bicyclic) bond motifs is 1. The SMILES string of the molecule is CCOC(=O)c1cc(-c2ccc(C3CCN(C(=O)C(C)(C)CCOC(C)C)CC3)cc2)c2ccc(-c3ccc(C(F)(F)F)cc3)cc2c1. The molecule has 1 heterocycles. The fourth-order valence-corrected chi connectivity index (χ4v) is 6.41. The average molecular weight is 660 g/mol. The van der Waals surface area contributed by atoms with Crippen molar-refractivity contribution in [1.82, 2.24) is 4.90 Å². The molecule has 5 nitrogen and oxygen atoms in total. The van der Waals surface area contributed by atoms with Gasteiger partial charge >= 0.3 is 12.1 Å². The summed E-state index contributed by atoms with van der Waals surface area (Å²) in [7, 11) is 0. The van der Waals surface area contributed by atoms with Gasteiger partial charge in [0.1, 0.15) is 0 Å². The Morgan fingerprint density at radius 3 is 2.08 bits per heavy atom. The molecular weight excluding hydrogens is 615 g/mol. The number of rotatable bonds is 10. The predicted molar refractivity (Wildman–Crippen MR) is 184 cm³/mol. The van der Waals surface area contributed by atoms with Gasteiger partial charge in [0.15, 0.2) is 0 Å². The molecule has 1 saturated heterocycles. The lowest BCUT2D eigenvalue weighted by Crippen LogP contribution is -2.45. The Kier molecular flexibility index (Phi) is 10.6. The Morgan fingerprint density at radius 2 is 1.48 bits per heavy atom. The molecule has 0 radical (unpaired) electrons. The molecule has 5 rings (SSSR count). The smallest absolute Gasteiger partial charge is 0.416 e. The van der Waals surface area contributed by atoms with Crippen molar-refractivity contribution in [2.45, 2.75) is 72.1 Å². The van der Waals surface area contributed by atoms with E-state index in [4.69, 9.17) is 9.47 Å². The maximum Gasteiger partial charge on any atom is 0.416 e. The molecule has 4 aromatic carbocycles. The number of carbonyl (C=O) groups excluding carboxylic acids is 2. The highest BCUT2D eigenvalue weighted by atomic mass is 19.4. The van der Waals surface area contributed by atoms with Gasteiger partial charge in [-0.1, -0.05) is 62.4 Å². The highest BCUT2D eigenvalue weighted by Crippen LogP contribution is 2.37.